The van der Waals surface area contributed by atoms with Crippen LogP contribution in [0.1, 0.15) is 44.0 Å². The lowest BCUT2D eigenvalue weighted by Gasteiger charge is -2.22. The number of hydrogen-bond donors (Lipinski definition) is 3. The first-order chi connectivity index (χ1) is 8.23. The Bertz CT molecular complexity index is 401. The van der Waals surface area contributed by atoms with Gasteiger partial charge < -0.3 is 20.1 Å². The van der Waals surface area contributed by atoms with Crippen LogP contribution in [0.3, 0.4) is 0 Å². The average molecular weight is 255 g/mol. The molecule has 18 heavy (non-hydrogen) atoms. The Morgan fingerprint density at radius 3 is 2.50 bits per heavy atom. The molecule has 1 unspecified atom stereocenters. The number of carbonyl (C=O) groups is 1. The normalized spacial score (nSPS) is 13.2. The lowest BCUT2D eigenvalue weighted by molar-refractivity contribution is 0.0478. The molecule has 1 atom stereocenters. The first-order valence-electron chi connectivity index (χ1n) is 5.86. The molecule has 0 saturated carbocycles. The molecule has 0 saturated heterocycles. The predicted octanol–water partition coefficient (Wildman–Crippen LogP) is 1.58. The van der Waals surface area contributed by atoms with Crippen LogP contribution in [0.5, 0.6) is 0 Å². The first kappa shape index (κ1) is 14.5. The monoisotopic (exact) mass is 255 g/mol. The van der Waals surface area contributed by atoms with E-state index in [1.807, 2.05) is 13.8 Å². The number of hydrogen-bond acceptors (Lipinski definition) is 4. The van der Waals surface area contributed by atoms with Crippen LogP contribution < -0.4 is 5.32 Å². The van der Waals surface area contributed by atoms with Gasteiger partial charge in [-0.25, -0.2) is 9.78 Å². The summed E-state index contributed by atoms with van der Waals surface area (Å²) in [5.41, 5.74) is 1.18. The summed E-state index contributed by atoms with van der Waals surface area (Å²) in [5.74, 6) is 0.526. The molecule has 6 heteroatoms. The summed E-state index contributed by atoms with van der Waals surface area (Å²) in [5, 5.41) is 11.9. The van der Waals surface area contributed by atoms with Crippen LogP contribution in [0, 0.1) is 13.8 Å². The fourth-order valence-electron chi connectivity index (χ4n) is 1.39. The number of nitrogens with zero attached hydrogens (tertiary/aromatic N) is 1. The molecule has 0 aliphatic rings. The molecule has 3 N–H and O–H groups in total. The van der Waals surface area contributed by atoms with Crippen molar-refractivity contribution in [2.75, 3.05) is 6.61 Å². The van der Waals surface area contributed by atoms with Crippen molar-refractivity contribution in [2.24, 2.45) is 0 Å². The molecule has 1 rings (SSSR count). The summed E-state index contributed by atoms with van der Waals surface area (Å²) in [6, 6.07) is -0.591. The maximum atomic E-state index is 11.6. The Morgan fingerprint density at radius 1 is 1.50 bits per heavy atom. The number of rotatable bonds is 3. The number of aryl methyl sites for hydroxylation is 2. The molecule has 0 aliphatic carbocycles. The number of ether oxygens (including phenoxy) is 1. The van der Waals surface area contributed by atoms with Crippen LogP contribution >= 0.6 is 0 Å². The van der Waals surface area contributed by atoms with Crippen LogP contribution in [0.2, 0.25) is 0 Å². The van der Waals surface area contributed by atoms with Gasteiger partial charge in [0.25, 0.3) is 0 Å². The molecule has 6 nitrogen and oxygen atoms in total. The molecule has 0 bridgehead atoms. The molecule has 0 aromatic carbocycles. The van der Waals surface area contributed by atoms with Crippen molar-refractivity contribution in [1.29, 1.82) is 0 Å². The fraction of sp³-hybridized carbons (Fsp3) is 0.667. The third kappa shape index (κ3) is 4.03. The third-order valence-corrected chi connectivity index (χ3v) is 2.35. The number of aromatic amines is 1. The predicted molar refractivity (Wildman–Crippen MR) is 67.3 cm³/mol. The number of aliphatic hydroxyl groups excluding tert-OH is 1. The van der Waals surface area contributed by atoms with Crippen molar-refractivity contribution in [2.45, 2.75) is 46.3 Å². The van der Waals surface area contributed by atoms with Crippen molar-refractivity contribution < 1.29 is 14.6 Å². The van der Waals surface area contributed by atoms with Gasteiger partial charge in [0.1, 0.15) is 17.5 Å². The van der Waals surface area contributed by atoms with Gasteiger partial charge in [-0.05, 0) is 34.6 Å². The Kier molecular flexibility index (Phi) is 4.34. The molecular weight excluding hydrogens is 234 g/mol. The smallest absolute Gasteiger partial charge is 0.408 e. The Labute approximate surface area is 107 Å². The van der Waals surface area contributed by atoms with E-state index >= 15 is 0 Å². The van der Waals surface area contributed by atoms with E-state index in [1.54, 1.807) is 20.8 Å². The maximum absolute atomic E-state index is 11.6. The molecule has 102 valence electrons. The Morgan fingerprint density at radius 2 is 2.11 bits per heavy atom. The highest BCUT2D eigenvalue weighted by Gasteiger charge is 2.22. The molecule has 1 aromatic rings. The molecule has 0 fully saturated rings. The highest BCUT2D eigenvalue weighted by molar-refractivity contribution is 5.68. The van der Waals surface area contributed by atoms with Crippen molar-refractivity contribution >= 4 is 6.09 Å². The van der Waals surface area contributed by atoms with Crippen LogP contribution in [0.15, 0.2) is 0 Å². The van der Waals surface area contributed by atoms with Crippen LogP contribution in [-0.4, -0.2) is 33.4 Å². The van der Waals surface area contributed by atoms with E-state index in [0.717, 1.165) is 11.4 Å². The van der Waals surface area contributed by atoms with E-state index < -0.39 is 17.7 Å². The number of alkyl carbamates (subject to hydrolysis) is 1. The maximum Gasteiger partial charge on any atom is 0.408 e. The van der Waals surface area contributed by atoms with Crippen molar-refractivity contribution in [3.05, 3.63) is 17.2 Å². The van der Waals surface area contributed by atoms with Gasteiger partial charge in [0.05, 0.1) is 12.3 Å². The lowest BCUT2D eigenvalue weighted by Crippen LogP contribution is -2.36. The van der Waals surface area contributed by atoms with Gasteiger partial charge in [0, 0.05) is 5.69 Å². The molecule has 0 radical (unpaired) electrons. The van der Waals surface area contributed by atoms with Gasteiger partial charge >= 0.3 is 6.09 Å². The zero-order chi connectivity index (χ0) is 13.9. The van der Waals surface area contributed by atoms with E-state index in [1.165, 1.54) is 0 Å². The van der Waals surface area contributed by atoms with Gasteiger partial charge in [-0.3, -0.25) is 0 Å². The number of aliphatic hydroxyl groups is 1. The molecule has 1 heterocycles. The summed E-state index contributed by atoms with van der Waals surface area (Å²) in [7, 11) is 0. The highest BCUT2D eigenvalue weighted by Crippen LogP contribution is 2.13. The number of nitrogens with one attached hydrogen (secondary N) is 2. The second-order valence-corrected chi connectivity index (χ2v) is 5.21. The second kappa shape index (κ2) is 5.39. The first-order valence-corrected chi connectivity index (χ1v) is 5.86. The van der Waals surface area contributed by atoms with E-state index in [9.17, 15) is 9.90 Å². The average Bonchev–Trinajstić information content (AvgIpc) is 2.53. The standard InChI is InChI=1S/C12H21N3O3/c1-7-8(2)14-10(13-7)9(6-16)15-11(17)18-12(3,4)5/h9,16H,6H2,1-5H3,(H,13,14)(H,15,17). The van der Waals surface area contributed by atoms with Gasteiger partial charge in [0.15, 0.2) is 0 Å². The fourth-order valence-corrected chi connectivity index (χ4v) is 1.39. The van der Waals surface area contributed by atoms with Crippen LogP contribution in [0.25, 0.3) is 0 Å². The van der Waals surface area contributed by atoms with Gasteiger partial charge in [-0.1, -0.05) is 0 Å². The van der Waals surface area contributed by atoms with Crippen molar-refractivity contribution in [1.82, 2.24) is 15.3 Å². The summed E-state index contributed by atoms with van der Waals surface area (Å²) in [6.07, 6.45) is -0.576. The topological polar surface area (TPSA) is 87.2 Å². The van der Waals surface area contributed by atoms with E-state index in [2.05, 4.69) is 15.3 Å². The zero-order valence-corrected chi connectivity index (χ0v) is 11.5. The number of carbonyl (C=O) groups excluding carboxylic acids is 1. The number of imidazole rings is 1. The summed E-state index contributed by atoms with van der Waals surface area (Å²) >= 11 is 0. The largest absolute Gasteiger partial charge is 0.444 e. The molecule has 0 spiro atoms. The number of amides is 1. The van der Waals surface area contributed by atoms with Crippen LogP contribution in [-0.2, 0) is 4.74 Å². The lowest BCUT2D eigenvalue weighted by atomic mass is 10.2. The van der Waals surface area contributed by atoms with Crippen molar-refractivity contribution in [3.63, 3.8) is 0 Å². The minimum atomic E-state index is -0.591. The second-order valence-electron chi connectivity index (χ2n) is 5.21. The zero-order valence-electron chi connectivity index (χ0n) is 11.5. The minimum Gasteiger partial charge on any atom is -0.444 e. The Hall–Kier alpha value is -1.56. The summed E-state index contributed by atoms with van der Waals surface area (Å²) in [4.78, 5) is 18.9. The van der Waals surface area contributed by atoms with Crippen molar-refractivity contribution in [3.8, 4) is 0 Å². The van der Waals surface area contributed by atoms with Crippen LogP contribution in [0.4, 0.5) is 4.79 Å². The molecule has 1 amide bonds. The van der Waals surface area contributed by atoms with Gasteiger partial charge in [-0.15, -0.1) is 0 Å². The van der Waals surface area contributed by atoms with E-state index in [4.69, 9.17) is 4.74 Å². The summed E-state index contributed by atoms with van der Waals surface area (Å²) in [6.45, 7) is 8.84. The third-order valence-electron chi connectivity index (χ3n) is 2.35. The minimum absolute atomic E-state index is 0.244. The Balaban J connectivity index is 2.71. The van der Waals surface area contributed by atoms with Gasteiger partial charge in [0.2, 0.25) is 0 Å². The quantitative estimate of drug-likeness (QED) is 0.765. The van der Waals surface area contributed by atoms with Gasteiger partial charge in [-0.2, -0.15) is 0 Å². The molecule has 0 aliphatic heterocycles. The SMILES string of the molecule is Cc1nc(C(CO)NC(=O)OC(C)(C)C)[nH]c1C. The number of H-pyrrole nitrogens is 1. The van der Waals surface area contributed by atoms with E-state index in [0.29, 0.717) is 5.82 Å². The molecular formula is C12H21N3O3. The summed E-state index contributed by atoms with van der Waals surface area (Å²) < 4.78 is 5.13. The number of aromatic nitrogens is 2. The highest BCUT2D eigenvalue weighted by atomic mass is 16.6. The molecule has 1 aromatic heterocycles. The van der Waals surface area contributed by atoms with E-state index in [-0.39, 0.29) is 6.61 Å².